The van der Waals surface area contributed by atoms with Crippen molar-refractivity contribution in [3.05, 3.63) is 35.9 Å². The van der Waals surface area contributed by atoms with Crippen molar-refractivity contribution < 1.29 is 9.59 Å². The Balaban J connectivity index is 0.00000288. The number of carbonyl (C=O) groups excluding carboxylic acids is 2. The van der Waals surface area contributed by atoms with Crippen molar-refractivity contribution in [2.24, 2.45) is 5.92 Å². The molecule has 0 saturated carbocycles. The number of halogens is 1. The molecule has 0 atom stereocenters. The second-order valence-corrected chi connectivity index (χ2v) is 6.09. The highest BCUT2D eigenvalue weighted by molar-refractivity contribution is 5.85. The Bertz CT molecular complexity index is 490. The van der Waals surface area contributed by atoms with E-state index in [1.165, 1.54) is 5.56 Å². The van der Waals surface area contributed by atoms with Gasteiger partial charge in [-0.1, -0.05) is 30.3 Å². The predicted octanol–water partition coefficient (Wildman–Crippen LogP) is 1.66. The zero-order valence-corrected chi connectivity index (χ0v) is 14.9. The van der Waals surface area contributed by atoms with Crippen LogP contribution in [0.25, 0.3) is 0 Å². The van der Waals surface area contributed by atoms with Gasteiger partial charge in [-0.05, 0) is 50.3 Å². The Kier molecular flexibility index (Phi) is 10.1. The summed E-state index contributed by atoms with van der Waals surface area (Å²) < 4.78 is 0. The van der Waals surface area contributed by atoms with Crippen LogP contribution in [-0.4, -0.2) is 38.0 Å². The average Bonchev–Trinajstić information content (AvgIpc) is 2.60. The minimum absolute atomic E-state index is 0. The molecule has 0 bridgehead atoms. The number of rotatable bonds is 8. The zero-order valence-electron chi connectivity index (χ0n) is 14.1. The van der Waals surface area contributed by atoms with E-state index >= 15 is 0 Å². The van der Waals surface area contributed by atoms with E-state index in [2.05, 4.69) is 16.0 Å². The highest BCUT2D eigenvalue weighted by Gasteiger charge is 2.14. The van der Waals surface area contributed by atoms with Gasteiger partial charge in [0.05, 0.1) is 6.54 Å². The summed E-state index contributed by atoms with van der Waals surface area (Å²) in [5, 5.41) is 8.85. The normalized spacial score (nSPS) is 14.5. The standard InChI is InChI=1S/C18H27N3O2.ClH/c22-17(7-6-16-8-11-19-12-9-16)21-14-18(23)20-13-10-15-4-2-1-3-5-15;/h1-5,16,19H,6-14H2,(H,20,23)(H,21,22);1H. The molecule has 24 heavy (non-hydrogen) atoms. The first-order valence-corrected chi connectivity index (χ1v) is 8.52. The summed E-state index contributed by atoms with van der Waals surface area (Å²) in [6.07, 6.45) is 4.53. The third kappa shape index (κ3) is 8.31. The lowest BCUT2D eigenvalue weighted by Gasteiger charge is -2.22. The van der Waals surface area contributed by atoms with E-state index in [0.717, 1.165) is 38.8 Å². The van der Waals surface area contributed by atoms with Gasteiger partial charge in [-0.15, -0.1) is 12.4 Å². The van der Waals surface area contributed by atoms with Crippen molar-refractivity contribution in [2.45, 2.75) is 32.1 Å². The first-order valence-electron chi connectivity index (χ1n) is 8.52. The van der Waals surface area contributed by atoms with Crippen molar-refractivity contribution in [1.29, 1.82) is 0 Å². The monoisotopic (exact) mass is 353 g/mol. The molecule has 1 saturated heterocycles. The van der Waals surface area contributed by atoms with Gasteiger partial charge in [0.25, 0.3) is 0 Å². The molecule has 2 rings (SSSR count). The minimum atomic E-state index is -0.129. The lowest BCUT2D eigenvalue weighted by atomic mass is 9.93. The van der Waals surface area contributed by atoms with E-state index in [9.17, 15) is 9.59 Å². The molecule has 1 aromatic carbocycles. The second kappa shape index (κ2) is 11.9. The van der Waals surface area contributed by atoms with Gasteiger partial charge in [-0.2, -0.15) is 0 Å². The fourth-order valence-corrected chi connectivity index (χ4v) is 2.83. The summed E-state index contributed by atoms with van der Waals surface area (Å²) in [6.45, 7) is 2.76. The molecular weight excluding hydrogens is 326 g/mol. The Labute approximate surface area is 150 Å². The Morgan fingerprint density at radius 3 is 2.46 bits per heavy atom. The van der Waals surface area contributed by atoms with Gasteiger partial charge in [-0.25, -0.2) is 0 Å². The van der Waals surface area contributed by atoms with Gasteiger partial charge in [0.15, 0.2) is 0 Å². The number of carbonyl (C=O) groups is 2. The van der Waals surface area contributed by atoms with Crippen molar-refractivity contribution in [2.75, 3.05) is 26.2 Å². The number of nitrogens with one attached hydrogen (secondary N) is 3. The quantitative estimate of drug-likeness (QED) is 0.665. The summed E-state index contributed by atoms with van der Waals surface area (Å²) in [7, 11) is 0. The van der Waals surface area contributed by atoms with Gasteiger partial charge < -0.3 is 16.0 Å². The van der Waals surface area contributed by atoms with Crippen LogP contribution in [0.5, 0.6) is 0 Å². The van der Waals surface area contributed by atoms with E-state index in [1.807, 2.05) is 30.3 Å². The van der Waals surface area contributed by atoms with E-state index in [0.29, 0.717) is 18.9 Å². The molecule has 1 fully saturated rings. The summed E-state index contributed by atoms with van der Waals surface area (Å²) in [5.74, 6) is 0.486. The SMILES string of the molecule is Cl.O=C(CCC1CCNCC1)NCC(=O)NCCc1ccccc1. The molecule has 0 spiro atoms. The summed E-state index contributed by atoms with van der Waals surface area (Å²) in [6, 6.07) is 10.0. The minimum Gasteiger partial charge on any atom is -0.354 e. The highest BCUT2D eigenvalue weighted by atomic mass is 35.5. The summed E-state index contributed by atoms with van der Waals surface area (Å²) >= 11 is 0. The average molecular weight is 354 g/mol. The molecular formula is C18H28ClN3O2. The molecule has 3 N–H and O–H groups in total. The first kappa shape index (κ1) is 20.5. The fraction of sp³-hybridized carbons (Fsp3) is 0.556. The molecule has 1 aromatic rings. The molecule has 1 aliphatic heterocycles. The molecule has 134 valence electrons. The van der Waals surface area contributed by atoms with Crippen LogP contribution in [0.1, 0.15) is 31.2 Å². The third-order valence-electron chi connectivity index (χ3n) is 4.26. The number of amides is 2. The molecule has 5 nitrogen and oxygen atoms in total. The summed E-state index contributed by atoms with van der Waals surface area (Å²) in [5.41, 5.74) is 1.19. The maximum absolute atomic E-state index is 11.8. The molecule has 0 unspecified atom stereocenters. The molecule has 1 heterocycles. The molecule has 0 radical (unpaired) electrons. The van der Waals surface area contributed by atoms with Gasteiger partial charge in [0, 0.05) is 13.0 Å². The lowest BCUT2D eigenvalue weighted by Crippen LogP contribution is -2.38. The number of hydrogen-bond acceptors (Lipinski definition) is 3. The second-order valence-electron chi connectivity index (χ2n) is 6.09. The highest BCUT2D eigenvalue weighted by Crippen LogP contribution is 2.17. The fourth-order valence-electron chi connectivity index (χ4n) is 2.83. The predicted molar refractivity (Wildman–Crippen MR) is 98.2 cm³/mol. The molecule has 1 aliphatic rings. The first-order chi connectivity index (χ1) is 11.2. The van der Waals surface area contributed by atoms with Crippen molar-refractivity contribution in [3.8, 4) is 0 Å². The Hall–Kier alpha value is -1.59. The van der Waals surface area contributed by atoms with Crippen LogP contribution < -0.4 is 16.0 Å². The molecule has 0 aromatic heterocycles. The molecule has 2 amide bonds. The largest absolute Gasteiger partial charge is 0.354 e. The number of piperidine rings is 1. The topological polar surface area (TPSA) is 70.2 Å². The maximum Gasteiger partial charge on any atom is 0.239 e. The Morgan fingerprint density at radius 2 is 1.75 bits per heavy atom. The van der Waals surface area contributed by atoms with Crippen molar-refractivity contribution in [3.63, 3.8) is 0 Å². The lowest BCUT2D eigenvalue weighted by molar-refractivity contribution is -0.126. The van der Waals surface area contributed by atoms with Crippen LogP contribution in [-0.2, 0) is 16.0 Å². The maximum atomic E-state index is 11.8. The van der Waals surface area contributed by atoms with Crippen LogP contribution >= 0.6 is 12.4 Å². The van der Waals surface area contributed by atoms with Crippen molar-refractivity contribution >= 4 is 24.2 Å². The number of benzene rings is 1. The number of hydrogen-bond donors (Lipinski definition) is 3. The van der Waals surface area contributed by atoms with Gasteiger partial charge in [-0.3, -0.25) is 9.59 Å². The van der Waals surface area contributed by atoms with Gasteiger partial charge in [0.1, 0.15) is 0 Å². The van der Waals surface area contributed by atoms with Gasteiger partial charge in [0.2, 0.25) is 11.8 Å². The molecule has 6 heteroatoms. The Morgan fingerprint density at radius 1 is 1.04 bits per heavy atom. The van der Waals surface area contributed by atoms with Crippen LogP contribution in [0.3, 0.4) is 0 Å². The molecule has 0 aliphatic carbocycles. The van der Waals surface area contributed by atoms with Crippen LogP contribution in [0.4, 0.5) is 0 Å². The van der Waals surface area contributed by atoms with Crippen molar-refractivity contribution in [1.82, 2.24) is 16.0 Å². The van der Waals surface area contributed by atoms with E-state index < -0.39 is 0 Å². The van der Waals surface area contributed by atoms with Crippen LogP contribution in [0.15, 0.2) is 30.3 Å². The van der Waals surface area contributed by atoms with E-state index in [-0.39, 0.29) is 30.8 Å². The smallest absolute Gasteiger partial charge is 0.239 e. The van der Waals surface area contributed by atoms with Crippen LogP contribution in [0, 0.1) is 5.92 Å². The third-order valence-corrected chi connectivity index (χ3v) is 4.26. The van der Waals surface area contributed by atoms with Gasteiger partial charge >= 0.3 is 0 Å². The van der Waals surface area contributed by atoms with Crippen LogP contribution in [0.2, 0.25) is 0 Å². The van der Waals surface area contributed by atoms with E-state index in [1.54, 1.807) is 0 Å². The van der Waals surface area contributed by atoms with E-state index in [4.69, 9.17) is 0 Å². The summed E-state index contributed by atoms with van der Waals surface area (Å²) in [4.78, 5) is 23.5. The zero-order chi connectivity index (χ0) is 16.3.